The summed E-state index contributed by atoms with van der Waals surface area (Å²) in [7, 11) is 0. The molecule has 0 aliphatic heterocycles. The van der Waals surface area contributed by atoms with Crippen molar-refractivity contribution < 1.29 is 5.11 Å². The van der Waals surface area contributed by atoms with E-state index in [4.69, 9.17) is 0 Å². The molecule has 3 heteroatoms. The number of nitrogens with zero attached hydrogens (tertiary/aromatic N) is 2. The summed E-state index contributed by atoms with van der Waals surface area (Å²) in [5.41, 5.74) is 3.85. The Kier molecular flexibility index (Phi) is 2.04. The predicted octanol–water partition coefficient (Wildman–Crippen LogP) is 2.00. The number of hydrogen-bond acceptors (Lipinski definition) is 2. The summed E-state index contributed by atoms with van der Waals surface area (Å²) in [6, 6.07) is 4.03. The Bertz CT molecular complexity index is 471. The lowest BCUT2D eigenvalue weighted by molar-refractivity contribution is 0.192. The summed E-state index contributed by atoms with van der Waals surface area (Å²) in [6.45, 7) is 5.72. The molecule has 1 atom stereocenters. The fraction of sp³-hybridized carbons (Fsp3) is 0.364. The van der Waals surface area contributed by atoms with Gasteiger partial charge in [0, 0.05) is 6.20 Å². The third-order valence-electron chi connectivity index (χ3n) is 2.40. The molecule has 0 spiro atoms. The number of aliphatic hydroxyl groups excluding tert-OH is 1. The first-order valence-corrected chi connectivity index (χ1v) is 4.73. The van der Waals surface area contributed by atoms with Gasteiger partial charge < -0.3 is 9.51 Å². The Morgan fingerprint density at radius 2 is 2.14 bits per heavy atom. The van der Waals surface area contributed by atoms with Crippen LogP contribution >= 0.6 is 0 Å². The summed E-state index contributed by atoms with van der Waals surface area (Å²) in [5, 5.41) is 9.60. The van der Waals surface area contributed by atoms with Gasteiger partial charge in [0.15, 0.2) is 0 Å². The lowest BCUT2D eigenvalue weighted by Crippen LogP contribution is -1.98. The molecule has 0 aromatic carbocycles. The number of hydrogen-bond donors (Lipinski definition) is 1. The molecular formula is C11H14N2O. The van der Waals surface area contributed by atoms with Crippen molar-refractivity contribution in [2.75, 3.05) is 0 Å². The van der Waals surface area contributed by atoms with Gasteiger partial charge in [-0.15, -0.1) is 0 Å². The quantitative estimate of drug-likeness (QED) is 0.746. The molecule has 2 heterocycles. The van der Waals surface area contributed by atoms with Crippen LogP contribution in [-0.2, 0) is 0 Å². The molecular weight excluding hydrogens is 176 g/mol. The van der Waals surface area contributed by atoms with Crippen LogP contribution in [0.2, 0.25) is 0 Å². The van der Waals surface area contributed by atoms with Crippen molar-refractivity contribution in [1.29, 1.82) is 0 Å². The van der Waals surface area contributed by atoms with Crippen molar-refractivity contribution in [3.8, 4) is 0 Å². The molecule has 2 aromatic rings. The Labute approximate surface area is 83.0 Å². The van der Waals surface area contributed by atoms with Gasteiger partial charge in [-0.05, 0) is 38.5 Å². The summed E-state index contributed by atoms with van der Waals surface area (Å²) < 4.78 is 1.94. The van der Waals surface area contributed by atoms with Crippen LogP contribution in [0.3, 0.4) is 0 Å². The van der Waals surface area contributed by atoms with Crippen molar-refractivity contribution in [2.24, 2.45) is 0 Å². The first-order chi connectivity index (χ1) is 6.59. The van der Waals surface area contributed by atoms with Crippen LogP contribution in [0.15, 0.2) is 18.3 Å². The van der Waals surface area contributed by atoms with E-state index in [0.717, 1.165) is 17.0 Å². The summed E-state index contributed by atoms with van der Waals surface area (Å²) in [6.07, 6.45) is 1.47. The van der Waals surface area contributed by atoms with Crippen molar-refractivity contribution in [3.05, 3.63) is 35.3 Å². The van der Waals surface area contributed by atoms with Gasteiger partial charge in [0.05, 0.1) is 17.5 Å². The van der Waals surface area contributed by atoms with E-state index in [0.29, 0.717) is 0 Å². The average Bonchev–Trinajstić information content (AvgIpc) is 2.39. The fourth-order valence-corrected chi connectivity index (χ4v) is 1.79. The second kappa shape index (κ2) is 3.10. The second-order valence-electron chi connectivity index (χ2n) is 3.69. The van der Waals surface area contributed by atoms with E-state index in [2.05, 4.69) is 4.98 Å². The van der Waals surface area contributed by atoms with E-state index in [9.17, 15) is 5.11 Å². The Morgan fingerprint density at radius 1 is 1.43 bits per heavy atom. The molecule has 0 amide bonds. The third-order valence-corrected chi connectivity index (χ3v) is 2.40. The topological polar surface area (TPSA) is 37.5 Å². The smallest absolute Gasteiger partial charge is 0.137 e. The second-order valence-corrected chi connectivity index (χ2v) is 3.69. The van der Waals surface area contributed by atoms with Gasteiger partial charge in [-0.25, -0.2) is 4.98 Å². The number of aromatic nitrogens is 2. The first-order valence-electron chi connectivity index (χ1n) is 4.73. The van der Waals surface area contributed by atoms with E-state index in [1.165, 1.54) is 5.56 Å². The minimum atomic E-state index is -0.479. The van der Waals surface area contributed by atoms with Gasteiger partial charge in [-0.2, -0.15) is 0 Å². The molecule has 2 rings (SSSR count). The SMILES string of the molecule is Cc1ccn2c(C(C)O)c(C)nc2c1. The summed E-state index contributed by atoms with van der Waals surface area (Å²) in [4.78, 5) is 4.40. The number of aliphatic hydroxyl groups is 1. The van der Waals surface area contributed by atoms with Gasteiger partial charge >= 0.3 is 0 Å². The first kappa shape index (κ1) is 9.21. The molecule has 2 aromatic heterocycles. The molecule has 14 heavy (non-hydrogen) atoms. The molecule has 74 valence electrons. The van der Waals surface area contributed by atoms with E-state index in [-0.39, 0.29) is 0 Å². The monoisotopic (exact) mass is 190 g/mol. The molecule has 0 bridgehead atoms. The van der Waals surface area contributed by atoms with Gasteiger partial charge in [0.1, 0.15) is 5.65 Å². The third kappa shape index (κ3) is 1.30. The van der Waals surface area contributed by atoms with Gasteiger partial charge in [-0.3, -0.25) is 0 Å². The van der Waals surface area contributed by atoms with Crippen LogP contribution in [-0.4, -0.2) is 14.5 Å². The van der Waals surface area contributed by atoms with Crippen LogP contribution in [0.25, 0.3) is 5.65 Å². The minimum absolute atomic E-state index is 0.479. The maximum absolute atomic E-state index is 9.60. The Hall–Kier alpha value is -1.35. The van der Waals surface area contributed by atoms with E-state index in [1.54, 1.807) is 6.92 Å². The molecule has 0 fully saturated rings. The lowest BCUT2D eigenvalue weighted by Gasteiger charge is -2.05. The molecule has 0 saturated carbocycles. The molecule has 0 aliphatic carbocycles. The number of pyridine rings is 1. The zero-order chi connectivity index (χ0) is 10.3. The number of rotatable bonds is 1. The van der Waals surface area contributed by atoms with Crippen molar-refractivity contribution in [2.45, 2.75) is 26.9 Å². The minimum Gasteiger partial charge on any atom is -0.387 e. The zero-order valence-corrected chi connectivity index (χ0v) is 8.65. The van der Waals surface area contributed by atoms with Crippen molar-refractivity contribution >= 4 is 5.65 Å². The zero-order valence-electron chi connectivity index (χ0n) is 8.65. The van der Waals surface area contributed by atoms with Crippen LogP contribution in [0.5, 0.6) is 0 Å². The summed E-state index contributed by atoms with van der Waals surface area (Å²) in [5.74, 6) is 0. The van der Waals surface area contributed by atoms with Gasteiger partial charge in [0.2, 0.25) is 0 Å². The maximum atomic E-state index is 9.60. The van der Waals surface area contributed by atoms with Crippen molar-refractivity contribution in [3.63, 3.8) is 0 Å². The highest BCUT2D eigenvalue weighted by Crippen LogP contribution is 2.19. The van der Waals surface area contributed by atoms with Crippen LogP contribution in [0, 0.1) is 13.8 Å². The van der Waals surface area contributed by atoms with Crippen LogP contribution < -0.4 is 0 Å². The number of imidazole rings is 1. The molecule has 0 radical (unpaired) electrons. The Morgan fingerprint density at radius 3 is 2.79 bits per heavy atom. The average molecular weight is 190 g/mol. The maximum Gasteiger partial charge on any atom is 0.137 e. The van der Waals surface area contributed by atoms with E-state index >= 15 is 0 Å². The lowest BCUT2D eigenvalue weighted by atomic mass is 10.2. The van der Waals surface area contributed by atoms with E-state index < -0.39 is 6.10 Å². The standard InChI is InChI=1S/C11H14N2O/c1-7-4-5-13-10(6-7)12-8(2)11(13)9(3)14/h4-6,9,14H,1-3H3. The van der Waals surface area contributed by atoms with E-state index in [1.807, 2.05) is 36.6 Å². The van der Waals surface area contributed by atoms with Gasteiger partial charge in [-0.1, -0.05) is 0 Å². The van der Waals surface area contributed by atoms with Crippen LogP contribution in [0.4, 0.5) is 0 Å². The number of aryl methyl sites for hydroxylation is 2. The normalized spacial score (nSPS) is 13.4. The summed E-state index contributed by atoms with van der Waals surface area (Å²) >= 11 is 0. The van der Waals surface area contributed by atoms with Crippen LogP contribution in [0.1, 0.15) is 30.0 Å². The van der Waals surface area contributed by atoms with Crippen molar-refractivity contribution in [1.82, 2.24) is 9.38 Å². The number of fused-ring (bicyclic) bond motifs is 1. The Balaban J connectivity index is 2.77. The highest BCUT2D eigenvalue weighted by Gasteiger charge is 2.12. The fourth-order valence-electron chi connectivity index (χ4n) is 1.79. The molecule has 1 N–H and O–H groups in total. The molecule has 0 saturated heterocycles. The predicted molar refractivity (Wildman–Crippen MR) is 55.3 cm³/mol. The highest BCUT2D eigenvalue weighted by molar-refractivity contribution is 5.45. The molecule has 3 nitrogen and oxygen atoms in total. The molecule has 0 aliphatic rings. The largest absolute Gasteiger partial charge is 0.387 e. The molecule has 1 unspecified atom stereocenters. The highest BCUT2D eigenvalue weighted by atomic mass is 16.3. The van der Waals surface area contributed by atoms with Gasteiger partial charge in [0.25, 0.3) is 0 Å².